The summed E-state index contributed by atoms with van der Waals surface area (Å²) < 4.78 is 0. The summed E-state index contributed by atoms with van der Waals surface area (Å²) in [6.07, 6.45) is 6.34. The van der Waals surface area contributed by atoms with Crippen LogP contribution in [-0.4, -0.2) is 22.3 Å². The van der Waals surface area contributed by atoms with E-state index < -0.39 is 0 Å². The number of nitrogen functional groups attached to an aromatic ring is 1. The van der Waals surface area contributed by atoms with Crippen LogP contribution in [0.25, 0.3) is 0 Å². The minimum atomic E-state index is 0.640. The maximum atomic E-state index is 5.46. The molecule has 3 aliphatic rings. The highest BCUT2D eigenvalue weighted by Crippen LogP contribution is 2.66. The first-order valence-electron chi connectivity index (χ1n) is 6.96. The lowest BCUT2D eigenvalue weighted by Crippen LogP contribution is -2.15. The molecular weight excluding hydrogens is 258 g/mol. The summed E-state index contributed by atoms with van der Waals surface area (Å²) in [5, 5.41) is 4.36. The molecule has 0 spiro atoms. The molecule has 102 valence electrons. The average molecular weight is 277 g/mol. The van der Waals surface area contributed by atoms with E-state index in [1.165, 1.54) is 31.0 Å². The van der Waals surface area contributed by atoms with Crippen LogP contribution in [0.3, 0.4) is 0 Å². The molecule has 1 aromatic heterocycles. The van der Waals surface area contributed by atoms with E-state index in [2.05, 4.69) is 20.7 Å². The monoisotopic (exact) mass is 277 g/mol. The van der Waals surface area contributed by atoms with Gasteiger partial charge in [0.2, 0.25) is 0 Å². The van der Waals surface area contributed by atoms with E-state index in [0.29, 0.717) is 11.9 Å². The molecule has 3 aliphatic carbocycles. The first kappa shape index (κ1) is 11.8. The summed E-state index contributed by atoms with van der Waals surface area (Å²) in [5.74, 6) is 10.8. The van der Waals surface area contributed by atoms with Crippen LogP contribution in [-0.2, 0) is 0 Å². The van der Waals surface area contributed by atoms with Gasteiger partial charge in [0.15, 0.2) is 5.16 Å². The van der Waals surface area contributed by atoms with Gasteiger partial charge in [-0.2, -0.15) is 0 Å². The number of hydrogen-bond acceptors (Lipinski definition) is 6. The molecule has 0 amide bonds. The lowest BCUT2D eigenvalue weighted by molar-refractivity contribution is 0.456. The molecule has 5 nitrogen and oxygen atoms in total. The molecule has 4 N–H and O–H groups in total. The van der Waals surface area contributed by atoms with E-state index in [0.717, 1.165) is 34.6 Å². The molecule has 6 heteroatoms. The standard InChI is InChI=1S/C13H19N5S/c1-19-13-16-8(5-9(17-13)18-14)15-12-10-6-2-3-7(4-6)11(10)12/h5-7,10-12H,2-4,14H2,1H3,(H2,15,16,17,18). The minimum absolute atomic E-state index is 0.640. The van der Waals surface area contributed by atoms with E-state index in [1.54, 1.807) is 0 Å². The molecule has 0 aromatic carbocycles. The van der Waals surface area contributed by atoms with E-state index in [4.69, 9.17) is 5.84 Å². The molecule has 2 bridgehead atoms. The van der Waals surface area contributed by atoms with Crippen molar-refractivity contribution in [1.82, 2.24) is 9.97 Å². The Labute approximate surface area is 117 Å². The first-order chi connectivity index (χ1) is 9.30. The van der Waals surface area contributed by atoms with Gasteiger partial charge in [-0.05, 0) is 49.2 Å². The van der Waals surface area contributed by atoms with Crippen molar-refractivity contribution in [2.45, 2.75) is 30.5 Å². The highest BCUT2D eigenvalue weighted by molar-refractivity contribution is 7.98. The number of hydrazine groups is 1. The van der Waals surface area contributed by atoms with Crippen LogP contribution in [0.15, 0.2) is 11.2 Å². The first-order valence-corrected chi connectivity index (χ1v) is 8.19. The number of anilines is 2. The van der Waals surface area contributed by atoms with Gasteiger partial charge >= 0.3 is 0 Å². The van der Waals surface area contributed by atoms with Crippen LogP contribution in [0, 0.1) is 23.7 Å². The van der Waals surface area contributed by atoms with E-state index in [9.17, 15) is 0 Å². The number of aromatic nitrogens is 2. The Kier molecular flexibility index (Phi) is 2.63. The van der Waals surface area contributed by atoms with Crippen molar-refractivity contribution in [3.63, 3.8) is 0 Å². The number of rotatable bonds is 4. The van der Waals surface area contributed by atoms with Gasteiger partial charge in [-0.3, -0.25) is 0 Å². The number of nitrogens with two attached hydrogens (primary N) is 1. The summed E-state index contributed by atoms with van der Waals surface area (Å²) >= 11 is 1.54. The van der Waals surface area contributed by atoms with Gasteiger partial charge in [0.1, 0.15) is 11.6 Å². The van der Waals surface area contributed by atoms with Crippen LogP contribution < -0.4 is 16.6 Å². The predicted octanol–water partition coefficient (Wildman–Crippen LogP) is 1.94. The lowest BCUT2D eigenvalue weighted by Gasteiger charge is -2.12. The van der Waals surface area contributed by atoms with E-state index >= 15 is 0 Å². The maximum Gasteiger partial charge on any atom is 0.191 e. The fraction of sp³-hybridized carbons (Fsp3) is 0.692. The van der Waals surface area contributed by atoms with Crippen LogP contribution in [0.5, 0.6) is 0 Å². The van der Waals surface area contributed by atoms with Gasteiger partial charge < -0.3 is 10.7 Å². The third kappa shape index (κ3) is 1.80. The minimum Gasteiger partial charge on any atom is -0.367 e. The zero-order chi connectivity index (χ0) is 13.0. The van der Waals surface area contributed by atoms with Crippen molar-refractivity contribution in [1.29, 1.82) is 0 Å². The number of nitrogens with one attached hydrogen (secondary N) is 2. The Morgan fingerprint density at radius 1 is 1.21 bits per heavy atom. The van der Waals surface area contributed by atoms with Gasteiger partial charge in [-0.25, -0.2) is 15.8 Å². The molecule has 3 fully saturated rings. The zero-order valence-electron chi connectivity index (χ0n) is 11.0. The Bertz CT molecular complexity index is 470. The number of hydrogen-bond donors (Lipinski definition) is 3. The SMILES string of the molecule is CSc1nc(NN)cc(NC2C3C4CCC(C4)C23)n1. The Balaban J connectivity index is 1.52. The van der Waals surface area contributed by atoms with Crippen molar-refractivity contribution in [2.75, 3.05) is 17.0 Å². The summed E-state index contributed by atoms with van der Waals surface area (Å²) in [5.41, 5.74) is 2.61. The third-order valence-electron chi connectivity index (χ3n) is 5.09. The largest absolute Gasteiger partial charge is 0.367 e. The summed E-state index contributed by atoms with van der Waals surface area (Å²) in [6, 6.07) is 2.54. The van der Waals surface area contributed by atoms with E-state index in [-0.39, 0.29) is 0 Å². The predicted molar refractivity (Wildman–Crippen MR) is 76.8 cm³/mol. The summed E-state index contributed by atoms with van der Waals surface area (Å²) in [6.45, 7) is 0. The molecule has 0 aliphatic heterocycles. The molecule has 4 atom stereocenters. The topological polar surface area (TPSA) is 75.9 Å². The molecule has 0 radical (unpaired) electrons. The van der Waals surface area contributed by atoms with Crippen molar-refractivity contribution < 1.29 is 0 Å². The summed E-state index contributed by atoms with van der Waals surface area (Å²) in [7, 11) is 0. The molecule has 19 heavy (non-hydrogen) atoms. The number of thioether (sulfide) groups is 1. The fourth-order valence-corrected chi connectivity index (χ4v) is 4.73. The van der Waals surface area contributed by atoms with Gasteiger partial charge in [-0.1, -0.05) is 11.8 Å². The number of fused-ring (bicyclic) bond motifs is 5. The summed E-state index contributed by atoms with van der Waals surface area (Å²) in [4.78, 5) is 8.81. The smallest absolute Gasteiger partial charge is 0.191 e. The molecule has 4 unspecified atom stereocenters. The Hall–Kier alpha value is -1.01. The van der Waals surface area contributed by atoms with Crippen molar-refractivity contribution in [2.24, 2.45) is 29.5 Å². The van der Waals surface area contributed by atoms with Gasteiger partial charge in [-0.15, -0.1) is 0 Å². The second-order valence-electron chi connectivity index (χ2n) is 5.93. The van der Waals surface area contributed by atoms with Crippen LogP contribution in [0.4, 0.5) is 11.6 Å². The lowest BCUT2D eigenvalue weighted by atomic mass is 10.0. The molecular formula is C13H19N5S. The fourth-order valence-electron chi connectivity index (χ4n) is 4.35. The second-order valence-corrected chi connectivity index (χ2v) is 6.70. The quantitative estimate of drug-likeness (QED) is 0.338. The molecule has 1 heterocycles. The Morgan fingerprint density at radius 2 is 1.89 bits per heavy atom. The van der Waals surface area contributed by atoms with Crippen molar-refractivity contribution >= 4 is 23.4 Å². The van der Waals surface area contributed by atoms with Crippen LogP contribution in [0.2, 0.25) is 0 Å². The highest BCUT2D eigenvalue weighted by Gasteiger charge is 2.65. The molecule has 0 saturated heterocycles. The molecule has 3 saturated carbocycles. The van der Waals surface area contributed by atoms with Gasteiger partial charge in [0.25, 0.3) is 0 Å². The van der Waals surface area contributed by atoms with Crippen LogP contribution in [0.1, 0.15) is 19.3 Å². The van der Waals surface area contributed by atoms with Crippen molar-refractivity contribution in [3.05, 3.63) is 6.07 Å². The molecule has 1 aromatic rings. The highest BCUT2D eigenvalue weighted by atomic mass is 32.2. The zero-order valence-corrected chi connectivity index (χ0v) is 11.8. The molecule has 4 rings (SSSR count). The maximum absolute atomic E-state index is 5.46. The van der Waals surface area contributed by atoms with Crippen LogP contribution >= 0.6 is 11.8 Å². The second kappa shape index (κ2) is 4.24. The normalized spacial score (nSPS) is 38.1. The van der Waals surface area contributed by atoms with Crippen molar-refractivity contribution in [3.8, 4) is 0 Å². The third-order valence-corrected chi connectivity index (χ3v) is 5.63. The Morgan fingerprint density at radius 3 is 2.53 bits per heavy atom. The van der Waals surface area contributed by atoms with E-state index in [1.807, 2.05) is 12.3 Å². The average Bonchev–Trinajstić information content (AvgIpc) is 2.85. The van der Waals surface area contributed by atoms with Gasteiger partial charge in [0.05, 0.1) is 0 Å². The van der Waals surface area contributed by atoms with Gasteiger partial charge in [0, 0.05) is 12.1 Å². The number of nitrogens with zero attached hydrogens (tertiary/aromatic N) is 2.